The lowest BCUT2D eigenvalue weighted by molar-refractivity contribution is 0.0901. The van der Waals surface area contributed by atoms with Crippen LogP contribution < -0.4 is 5.32 Å². The van der Waals surface area contributed by atoms with Gasteiger partial charge in [0.1, 0.15) is 0 Å². The maximum Gasteiger partial charge on any atom is 0.254 e. The Morgan fingerprint density at radius 2 is 2.47 bits per heavy atom. The van der Waals surface area contributed by atoms with Gasteiger partial charge in [-0.05, 0) is 13.0 Å². The summed E-state index contributed by atoms with van der Waals surface area (Å²) in [7, 11) is 1.54. The summed E-state index contributed by atoms with van der Waals surface area (Å²) in [5.74, 6) is -1.08. The highest BCUT2D eigenvalue weighted by molar-refractivity contribution is 5.94. The highest BCUT2D eigenvalue weighted by atomic mass is 19.1. The van der Waals surface area contributed by atoms with Crippen molar-refractivity contribution in [2.45, 2.75) is 13.0 Å². The van der Waals surface area contributed by atoms with Gasteiger partial charge in [0.25, 0.3) is 5.91 Å². The molecule has 1 N–H and O–H groups in total. The topological polar surface area (TPSA) is 51.2 Å². The average Bonchev–Trinajstić information content (AvgIpc) is 2.18. The lowest BCUT2D eigenvalue weighted by Crippen LogP contribution is -2.36. The molecule has 82 valence electrons. The van der Waals surface area contributed by atoms with Gasteiger partial charge < -0.3 is 10.1 Å². The third kappa shape index (κ3) is 3.28. The largest absolute Gasteiger partial charge is 0.383 e. The molecule has 5 heteroatoms. The molecule has 0 aromatic carbocycles. The molecule has 0 aliphatic rings. The Kier molecular flexibility index (Phi) is 4.17. The van der Waals surface area contributed by atoms with Gasteiger partial charge in [0.05, 0.1) is 18.4 Å². The zero-order valence-corrected chi connectivity index (χ0v) is 8.66. The SMILES string of the molecule is COCC(C)NC(=O)c1ccncc1F. The van der Waals surface area contributed by atoms with Crippen LogP contribution in [-0.2, 0) is 4.74 Å². The van der Waals surface area contributed by atoms with Crippen LogP contribution in [0.15, 0.2) is 18.5 Å². The third-order valence-corrected chi connectivity index (χ3v) is 1.81. The maximum atomic E-state index is 13.1. The molecule has 0 saturated carbocycles. The quantitative estimate of drug-likeness (QED) is 0.809. The molecule has 1 rings (SSSR count). The lowest BCUT2D eigenvalue weighted by Gasteiger charge is -2.12. The molecule has 1 aromatic rings. The van der Waals surface area contributed by atoms with Crippen LogP contribution in [0.25, 0.3) is 0 Å². The van der Waals surface area contributed by atoms with E-state index in [4.69, 9.17) is 4.74 Å². The Morgan fingerprint density at radius 3 is 3.07 bits per heavy atom. The third-order valence-electron chi connectivity index (χ3n) is 1.81. The second kappa shape index (κ2) is 5.41. The number of nitrogens with zero attached hydrogens (tertiary/aromatic N) is 1. The van der Waals surface area contributed by atoms with Crippen molar-refractivity contribution in [2.24, 2.45) is 0 Å². The molecule has 4 nitrogen and oxygen atoms in total. The Morgan fingerprint density at radius 1 is 1.73 bits per heavy atom. The number of hydrogen-bond acceptors (Lipinski definition) is 3. The first-order chi connectivity index (χ1) is 7.15. The normalized spacial score (nSPS) is 12.2. The molecular formula is C10H13FN2O2. The van der Waals surface area contributed by atoms with Crippen molar-refractivity contribution in [3.63, 3.8) is 0 Å². The van der Waals surface area contributed by atoms with Crippen molar-refractivity contribution < 1.29 is 13.9 Å². The average molecular weight is 212 g/mol. The molecule has 0 aliphatic heterocycles. The summed E-state index contributed by atoms with van der Waals surface area (Å²) in [5.41, 5.74) is -0.00652. The number of methoxy groups -OCH3 is 1. The predicted molar refractivity (Wildman–Crippen MR) is 53.0 cm³/mol. The van der Waals surface area contributed by atoms with Crippen LogP contribution in [-0.4, -0.2) is 30.6 Å². The van der Waals surface area contributed by atoms with Gasteiger partial charge in [-0.1, -0.05) is 0 Å². The molecular weight excluding hydrogens is 199 g/mol. The van der Waals surface area contributed by atoms with Crippen molar-refractivity contribution in [3.8, 4) is 0 Å². The van der Waals surface area contributed by atoms with E-state index in [1.165, 1.54) is 19.4 Å². The fraction of sp³-hybridized carbons (Fsp3) is 0.400. The van der Waals surface area contributed by atoms with Crippen LogP contribution in [0.1, 0.15) is 17.3 Å². The van der Waals surface area contributed by atoms with E-state index >= 15 is 0 Å². The summed E-state index contributed by atoms with van der Waals surface area (Å²) in [4.78, 5) is 15.1. The Bertz CT molecular complexity index is 344. The maximum absolute atomic E-state index is 13.1. The van der Waals surface area contributed by atoms with E-state index in [-0.39, 0.29) is 11.6 Å². The predicted octanol–water partition coefficient (Wildman–Crippen LogP) is 0.985. The van der Waals surface area contributed by atoms with Crippen LogP contribution in [0.2, 0.25) is 0 Å². The van der Waals surface area contributed by atoms with Crippen molar-refractivity contribution >= 4 is 5.91 Å². The number of pyridine rings is 1. The number of amides is 1. The fourth-order valence-electron chi connectivity index (χ4n) is 1.15. The van der Waals surface area contributed by atoms with E-state index in [0.29, 0.717) is 6.61 Å². The number of nitrogens with one attached hydrogen (secondary N) is 1. The second-order valence-corrected chi connectivity index (χ2v) is 3.19. The van der Waals surface area contributed by atoms with E-state index in [1.807, 2.05) is 0 Å². The second-order valence-electron chi connectivity index (χ2n) is 3.19. The van der Waals surface area contributed by atoms with Gasteiger partial charge in [-0.25, -0.2) is 4.39 Å². The van der Waals surface area contributed by atoms with E-state index in [1.54, 1.807) is 6.92 Å². The number of halogens is 1. The van der Waals surface area contributed by atoms with Gasteiger partial charge in [-0.15, -0.1) is 0 Å². The number of rotatable bonds is 4. The van der Waals surface area contributed by atoms with Gasteiger partial charge in [0.2, 0.25) is 0 Å². The minimum absolute atomic E-state index is 0.00652. The minimum atomic E-state index is -0.625. The lowest BCUT2D eigenvalue weighted by atomic mass is 10.2. The summed E-state index contributed by atoms with van der Waals surface area (Å²) < 4.78 is 18.0. The molecule has 0 saturated heterocycles. The fourth-order valence-corrected chi connectivity index (χ4v) is 1.15. The minimum Gasteiger partial charge on any atom is -0.383 e. The Labute approximate surface area is 87.5 Å². The van der Waals surface area contributed by atoms with Crippen LogP contribution in [0.4, 0.5) is 4.39 Å². The Hall–Kier alpha value is -1.49. The van der Waals surface area contributed by atoms with Gasteiger partial charge in [-0.2, -0.15) is 0 Å². The summed E-state index contributed by atoms with van der Waals surface area (Å²) in [5, 5.41) is 2.61. The van der Waals surface area contributed by atoms with Crippen molar-refractivity contribution in [1.82, 2.24) is 10.3 Å². The van der Waals surface area contributed by atoms with E-state index in [9.17, 15) is 9.18 Å². The smallest absolute Gasteiger partial charge is 0.254 e. The standard InChI is InChI=1S/C10H13FN2O2/c1-7(6-15-2)13-10(14)8-3-4-12-5-9(8)11/h3-5,7H,6H2,1-2H3,(H,13,14). The van der Waals surface area contributed by atoms with E-state index in [0.717, 1.165) is 6.20 Å². The van der Waals surface area contributed by atoms with Gasteiger partial charge in [0, 0.05) is 19.3 Å². The molecule has 0 aliphatic carbocycles. The number of carbonyl (C=O) groups excluding carboxylic acids is 1. The summed E-state index contributed by atoms with van der Waals surface area (Å²) in [6, 6.07) is 1.18. The molecule has 0 spiro atoms. The molecule has 1 aromatic heterocycles. The molecule has 1 atom stereocenters. The monoisotopic (exact) mass is 212 g/mol. The highest BCUT2D eigenvalue weighted by Crippen LogP contribution is 2.04. The molecule has 1 amide bonds. The van der Waals surface area contributed by atoms with Crippen LogP contribution in [0.5, 0.6) is 0 Å². The summed E-state index contributed by atoms with van der Waals surface area (Å²) >= 11 is 0. The first-order valence-electron chi connectivity index (χ1n) is 4.54. The first-order valence-corrected chi connectivity index (χ1v) is 4.54. The van der Waals surface area contributed by atoms with Crippen LogP contribution >= 0.6 is 0 Å². The number of aromatic nitrogens is 1. The molecule has 1 unspecified atom stereocenters. The number of ether oxygens (including phenoxy) is 1. The molecule has 0 bridgehead atoms. The summed E-state index contributed by atoms with van der Waals surface area (Å²) in [6.45, 7) is 2.17. The molecule has 15 heavy (non-hydrogen) atoms. The number of hydrogen-bond donors (Lipinski definition) is 1. The van der Waals surface area contributed by atoms with Gasteiger partial charge in [-0.3, -0.25) is 9.78 Å². The van der Waals surface area contributed by atoms with Crippen molar-refractivity contribution in [3.05, 3.63) is 29.8 Å². The number of carbonyl (C=O) groups is 1. The Balaban J connectivity index is 2.65. The van der Waals surface area contributed by atoms with Crippen LogP contribution in [0.3, 0.4) is 0 Å². The van der Waals surface area contributed by atoms with Crippen LogP contribution in [0, 0.1) is 5.82 Å². The van der Waals surface area contributed by atoms with E-state index in [2.05, 4.69) is 10.3 Å². The first kappa shape index (κ1) is 11.6. The van der Waals surface area contributed by atoms with E-state index < -0.39 is 11.7 Å². The molecule has 0 fully saturated rings. The van der Waals surface area contributed by atoms with Gasteiger partial charge >= 0.3 is 0 Å². The van der Waals surface area contributed by atoms with Crippen molar-refractivity contribution in [2.75, 3.05) is 13.7 Å². The zero-order valence-electron chi connectivity index (χ0n) is 8.66. The van der Waals surface area contributed by atoms with Gasteiger partial charge in [0.15, 0.2) is 5.82 Å². The highest BCUT2D eigenvalue weighted by Gasteiger charge is 2.13. The summed E-state index contributed by atoms with van der Waals surface area (Å²) in [6.07, 6.45) is 2.38. The molecule has 1 heterocycles. The van der Waals surface area contributed by atoms with Crippen molar-refractivity contribution in [1.29, 1.82) is 0 Å². The zero-order chi connectivity index (χ0) is 11.3. The molecule has 0 radical (unpaired) electrons.